The van der Waals surface area contributed by atoms with Crippen LogP contribution in [0.2, 0.25) is 0 Å². The fourth-order valence-corrected chi connectivity index (χ4v) is 13.6. The van der Waals surface area contributed by atoms with Gasteiger partial charge in [0, 0.05) is 132 Å². The van der Waals surface area contributed by atoms with Crippen LogP contribution in [0.1, 0.15) is 88.3 Å². The number of fused-ring (bicyclic) bond motifs is 3. The molecule has 10 atom stereocenters. The van der Waals surface area contributed by atoms with Crippen LogP contribution < -0.4 is 17.2 Å². The van der Waals surface area contributed by atoms with Crippen LogP contribution in [0.15, 0.2) is 73.4 Å². The first kappa shape index (κ1) is 63.7. The van der Waals surface area contributed by atoms with E-state index in [1.54, 1.807) is 12.7 Å². The summed E-state index contributed by atoms with van der Waals surface area (Å²) in [5.74, 6) is -0.677. The number of nitrogens with zero attached hydrogens (tertiary/aromatic N) is 15. The summed E-state index contributed by atoms with van der Waals surface area (Å²) < 4.78 is 174. The van der Waals surface area contributed by atoms with Crippen molar-refractivity contribution >= 4 is 10.0 Å². The fourth-order valence-electron chi connectivity index (χ4n) is 13.0. The number of benzene rings is 3. The van der Waals surface area contributed by atoms with E-state index in [-0.39, 0.29) is 48.3 Å². The molecule has 8 aromatic rings. The summed E-state index contributed by atoms with van der Waals surface area (Å²) >= 11 is 0. The number of halogens is 9. The summed E-state index contributed by atoms with van der Waals surface area (Å²) in [6, 6.07) is 6.31. The molecule has 0 amide bonds. The molecule has 3 saturated heterocycles. The minimum Gasteiger partial charge on any atom is -0.370 e. The van der Waals surface area contributed by atoms with Crippen LogP contribution in [0.4, 0.5) is 39.5 Å². The molecule has 6 N–H and O–H groups in total. The molecule has 14 rings (SSSR count). The maximum Gasteiger partial charge on any atom is 0.416 e. The molecular weight excluding hydrogens is 1230 g/mol. The Morgan fingerprint density at radius 3 is 1.36 bits per heavy atom. The van der Waals surface area contributed by atoms with Crippen LogP contribution in [-0.2, 0) is 91.7 Å². The number of rotatable bonds is 9. The molecule has 11 heterocycles. The number of ether oxygens (including phenoxy) is 3. The fraction of sp³-hybridized carbons (Fsp3) is 0.466. The van der Waals surface area contributed by atoms with E-state index in [4.69, 9.17) is 41.4 Å². The predicted octanol–water partition coefficient (Wildman–Crippen LogP) is 5.41. The highest BCUT2D eigenvalue weighted by Crippen LogP contribution is 2.44. The van der Waals surface area contributed by atoms with Crippen molar-refractivity contribution in [1.82, 2.24) is 72.5 Å². The summed E-state index contributed by atoms with van der Waals surface area (Å²) in [7, 11) is 4.12. The highest BCUT2D eigenvalue weighted by Gasteiger charge is 2.54. The molecule has 486 valence electrons. The Bertz CT molecular complexity index is 3920. The quantitative estimate of drug-likeness (QED) is 0.153. The Morgan fingerprint density at radius 1 is 0.549 bits per heavy atom. The van der Waals surface area contributed by atoms with E-state index < -0.39 is 99.7 Å². The zero-order chi connectivity index (χ0) is 64.7. The van der Waals surface area contributed by atoms with Gasteiger partial charge in [0.25, 0.3) is 10.0 Å². The molecule has 23 nitrogen and oxygen atoms in total. The van der Waals surface area contributed by atoms with Crippen molar-refractivity contribution in [3.63, 3.8) is 0 Å². The molecule has 6 aliphatic heterocycles. The van der Waals surface area contributed by atoms with Gasteiger partial charge in [0.1, 0.15) is 65.9 Å². The molecule has 0 aliphatic carbocycles. The highest BCUT2D eigenvalue weighted by atomic mass is 32.2. The van der Waals surface area contributed by atoms with E-state index in [9.17, 15) is 47.9 Å². The van der Waals surface area contributed by atoms with Gasteiger partial charge in [-0.25, -0.2) is 44.7 Å². The van der Waals surface area contributed by atoms with Gasteiger partial charge in [0.15, 0.2) is 29.4 Å². The second-order valence-corrected chi connectivity index (χ2v) is 25.7. The number of nitrogens with two attached hydrogens (primary N) is 3. The Morgan fingerprint density at radius 2 is 0.978 bits per heavy atom. The van der Waals surface area contributed by atoms with Gasteiger partial charge in [-0.15, -0.1) is 20.4 Å². The molecule has 91 heavy (non-hydrogen) atoms. The molecule has 0 unspecified atom stereocenters. The Hall–Kier alpha value is -7.47. The van der Waals surface area contributed by atoms with Gasteiger partial charge in [-0.3, -0.25) is 14.7 Å². The van der Waals surface area contributed by atoms with Gasteiger partial charge in [0.05, 0.1) is 47.9 Å². The van der Waals surface area contributed by atoms with Gasteiger partial charge >= 0.3 is 6.18 Å². The van der Waals surface area contributed by atoms with Crippen molar-refractivity contribution in [2.45, 2.75) is 125 Å². The Balaban J connectivity index is 0.000000132. The highest BCUT2D eigenvalue weighted by molar-refractivity contribution is 7.89. The largest absolute Gasteiger partial charge is 0.416 e. The average molecular weight is 1300 g/mol. The standard InChI is InChI=1S/2C20H23F2N7O.C18H19F5N4O3S/c2*1-27-10-24-26-20(27)19-25-16-7-29(8-17(16)28(19)2)12-6-15(23)18(30-9-12)13-5-11(21)3-4-14(13)22;1-31(28,29)27-7-9-6-26(8-14(9)25-27)15-5-13(24)16(30-17(15)18(21,22)23)11-4-10(19)2-3-12(11)20/h2*3-5,10,12,15,18H,6-9,23H2,1-2H3;2-4,7,13,15-17H,5-6,8,24H2,1H3/t2*12-,15+,18-;13-,15+,16+,17-/m110/s1. The van der Waals surface area contributed by atoms with E-state index >= 15 is 0 Å². The van der Waals surface area contributed by atoms with Crippen molar-refractivity contribution in [1.29, 1.82) is 0 Å². The Kier molecular flexibility index (Phi) is 17.4. The minimum absolute atomic E-state index is 0.0236. The lowest BCUT2D eigenvalue weighted by atomic mass is 9.89. The van der Waals surface area contributed by atoms with E-state index in [0.717, 1.165) is 112 Å². The second-order valence-electron chi connectivity index (χ2n) is 23.9. The second kappa shape index (κ2) is 24.9. The first-order chi connectivity index (χ1) is 43.2. The summed E-state index contributed by atoms with van der Waals surface area (Å²) in [4.78, 5) is 15.6. The van der Waals surface area contributed by atoms with Crippen LogP contribution in [-0.4, -0.2) is 149 Å². The topological polar surface area (TPSA) is 264 Å². The smallest absolute Gasteiger partial charge is 0.370 e. The lowest BCUT2D eigenvalue weighted by Gasteiger charge is -2.44. The number of imidazole rings is 2. The van der Waals surface area contributed by atoms with Crippen molar-refractivity contribution in [2.24, 2.45) is 45.4 Å². The Labute approximate surface area is 515 Å². The molecule has 0 spiro atoms. The van der Waals surface area contributed by atoms with Gasteiger partial charge in [-0.1, -0.05) is 0 Å². The van der Waals surface area contributed by atoms with Crippen LogP contribution in [0, 0.1) is 34.9 Å². The third-order valence-corrected chi connectivity index (χ3v) is 18.6. The van der Waals surface area contributed by atoms with Crippen molar-refractivity contribution in [3.05, 3.63) is 159 Å². The van der Waals surface area contributed by atoms with Crippen molar-refractivity contribution in [2.75, 3.05) is 19.5 Å². The third-order valence-electron chi connectivity index (χ3n) is 17.7. The third kappa shape index (κ3) is 12.7. The molecule has 33 heteroatoms. The van der Waals surface area contributed by atoms with E-state index in [2.05, 4.69) is 35.3 Å². The first-order valence-electron chi connectivity index (χ1n) is 29.0. The molecule has 3 aromatic carbocycles. The molecular formula is C58H65F9N18O5S. The lowest BCUT2D eigenvalue weighted by Crippen LogP contribution is -2.58. The summed E-state index contributed by atoms with van der Waals surface area (Å²) in [5, 5.41) is 20.1. The zero-order valence-electron chi connectivity index (χ0n) is 49.8. The summed E-state index contributed by atoms with van der Waals surface area (Å²) in [6.45, 7) is 3.60. The molecule has 5 aromatic heterocycles. The van der Waals surface area contributed by atoms with E-state index in [1.807, 2.05) is 46.5 Å². The van der Waals surface area contributed by atoms with Gasteiger partial charge in [-0.2, -0.15) is 22.4 Å². The number of hydrogen-bond acceptors (Lipinski definition) is 18. The van der Waals surface area contributed by atoms with E-state index in [0.29, 0.717) is 50.4 Å². The lowest BCUT2D eigenvalue weighted by molar-refractivity contribution is -0.269. The maximum absolute atomic E-state index is 14.2. The molecule has 0 radical (unpaired) electrons. The van der Waals surface area contributed by atoms with Crippen LogP contribution in [0.25, 0.3) is 23.3 Å². The number of aromatic nitrogens is 12. The number of hydrogen-bond donors (Lipinski definition) is 3. The number of alkyl halides is 3. The maximum atomic E-state index is 14.2. The minimum atomic E-state index is -4.79. The molecule has 0 bridgehead atoms. The molecule has 3 fully saturated rings. The summed E-state index contributed by atoms with van der Waals surface area (Å²) in [6.07, 6.45) is -3.27. The van der Waals surface area contributed by atoms with Crippen molar-refractivity contribution in [3.8, 4) is 23.3 Å². The molecule has 6 aliphatic rings. The average Bonchev–Trinajstić information content (AvgIpc) is 1.71. The predicted molar refractivity (Wildman–Crippen MR) is 306 cm³/mol. The summed E-state index contributed by atoms with van der Waals surface area (Å²) in [5.41, 5.74) is 23.8. The van der Waals surface area contributed by atoms with Gasteiger partial charge < -0.3 is 49.7 Å². The van der Waals surface area contributed by atoms with Crippen LogP contribution in [0.3, 0.4) is 0 Å². The van der Waals surface area contributed by atoms with Gasteiger partial charge in [0.2, 0.25) is 0 Å². The van der Waals surface area contributed by atoms with Crippen LogP contribution in [0.5, 0.6) is 0 Å². The zero-order valence-corrected chi connectivity index (χ0v) is 50.6. The number of aryl methyl sites for hydroxylation is 2. The SMILES string of the molecule is CS(=O)(=O)n1cc2c(n1)CN([C@@H]1C[C@H](N)[C@@H](c3cc(F)ccc3F)O[C@@H]1C(F)(F)F)C2.Cn1cnnc1-c1nc2c(n1C)CN([C@H]1CO[C@H](c3cc(F)ccc3F)[C@@H](N)C1)C2.Cn1cnnc1-c1nc2c(n1C)CN([C@H]1CO[C@H](c3cc(F)ccc3F)[C@@H](N)C1)C2. The monoisotopic (exact) mass is 1300 g/mol. The first-order valence-corrected chi connectivity index (χ1v) is 30.9. The van der Waals surface area contributed by atoms with Crippen LogP contribution >= 0.6 is 0 Å². The van der Waals surface area contributed by atoms with Crippen molar-refractivity contribution < 1.29 is 62.1 Å². The normalized spacial score (nSPS) is 25.4. The van der Waals surface area contributed by atoms with E-state index in [1.165, 1.54) is 23.2 Å². The molecule has 0 saturated carbocycles. The van der Waals surface area contributed by atoms with Gasteiger partial charge in [-0.05, 0) is 73.9 Å².